The Morgan fingerprint density at radius 3 is 1.03 bits per heavy atom. The normalized spacial score (nSPS) is 31.7. The van der Waals surface area contributed by atoms with E-state index in [0.29, 0.717) is 0 Å². The molecule has 3 saturated heterocycles. The molecule has 0 unspecified atom stereocenters. The molecule has 26 nitrogen and oxygen atoms in total. The van der Waals surface area contributed by atoms with Crippen molar-refractivity contribution in [2.75, 3.05) is 26.4 Å². The lowest BCUT2D eigenvalue weighted by molar-refractivity contribution is -0.375. The second-order valence-corrected chi connectivity index (χ2v) is 14.9. The molecule has 372 valence electrons. The zero-order valence-corrected chi connectivity index (χ0v) is 38.2. The number of esters is 9. The standard InChI is InChI=1S/C40H57NO25/c1-12-52-38-29(41-16(2)42)33(57-21(7)47)30(26(62-38)13-53-17(3)43)65-39-37(61-25(11)51)35(59-23(9)49)32(28(64-39)15-55-19(5)45)66-40-36(60-24(10)50)34(58-22(8)48)31(56-20(6)46)27(63-40)14-54-18(4)44/h26-40H,12-15H2,1-11H3,(H,41,42)/t26-,27-,28-,29+,30-,31+,32+,33-,34+,35+,36-,37-,38+,39+,40+/m1/s1. The van der Waals surface area contributed by atoms with Crippen molar-refractivity contribution in [3.8, 4) is 0 Å². The molecule has 0 spiro atoms. The molecule has 66 heavy (non-hydrogen) atoms. The molecule has 0 aromatic carbocycles. The molecular formula is C40H57NO25. The maximum Gasteiger partial charge on any atom is 0.303 e. The summed E-state index contributed by atoms with van der Waals surface area (Å²) in [5, 5.41) is 2.60. The third-order valence-corrected chi connectivity index (χ3v) is 9.28. The van der Waals surface area contributed by atoms with Crippen LogP contribution >= 0.6 is 0 Å². The van der Waals surface area contributed by atoms with Crippen LogP contribution in [0.3, 0.4) is 0 Å². The summed E-state index contributed by atoms with van der Waals surface area (Å²) >= 11 is 0. The lowest BCUT2D eigenvalue weighted by Crippen LogP contribution is -2.70. The molecule has 15 atom stereocenters. The molecule has 0 saturated carbocycles. The molecule has 3 rings (SSSR count). The van der Waals surface area contributed by atoms with Crippen molar-refractivity contribution in [3.63, 3.8) is 0 Å². The second kappa shape index (κ2) is 25.4. The molecule has 3 aliphatic rings. The second-order valence-electron chi connectivity index (χ2n) is 14.9. The molecule has 0 aliphatic carbocycles. The van der Waals surface area contributed by atoms with E-state index in [0.717, 1.165) is 69.2 Å². The highest BCUT2D eigenvalue weighted by atomic mass is 16.8. The van der Waals surface area contributed by atoms with E-state index in [1.54, 1.807) is 6.92 Å². The van der Waals surface area contributed by atoms with Crippen molar-refractivity contribution in [2.24, 2.45) is 0 Å². The number of amides is 1. The van der Waals surface area contributed by atoms with E-state index in [2.05, 4.69) is 5.32 Å². The predicted octanol–water partition coefficient (Wildman–Crippen LogP) is -1.25. The third-order valence-electron chi connectivity index (χ3n) is 9.28. The summed E-state index contributed by atoms with van der Waals surface area (Å²) in [5.41, 5.74) is 0. The maximum atomic E-state index is 13.0. The number of rotatable bonds is 19. The first kappa shape index (κ1) is 54.8. The van der Waals surface area contributed by atoms with Gasteiger partial charge < -0.3 is 76.4 Å². The van der Waals surface area contributed by atoms with Crippen LogP contribution in [-0.2, 0) is 119 Å². The van der Waals surface area contributed by atoms with E-state index in [9.17, 15) is 47.9 Å². The van der Waals surface area contributed by atoms with Crippen LogP contribution in [0.1, 0.15) is 76.2 Å². The number of carbonyl (C=O) groups is 10. The van der Waals surface area contributed by atoms with Crippen LogP contribution in [0.4, 0.5) is 0 Å². The minimum absolute atomic E-state index is 0.0163. The van der Waals surface area contributed by atoms with Crippen LogP contribution in [0.2, 0.25) is 0 Å². The molecule has 3 fully saturated rings. The summed E-state index contributed by atoms with van der Waals surface area (Å²) < 4.78 is 86.4. The van der Waals surface area contributed by atoms with Gasteiger partial charge in [-0.1, -0.05) is 0 Å². The van der Waals surface area contributed by atoms with Crippen LogP contribution in [0.5, 0.6) is 0 Å². The molecule has 0 bridgehead atoms. The molecule has 0 aromatic heterocycles. The number of hydrogen-bond donors (Lipinski definition) is 1. The Bertz CT molecular complexity index is 1770. The van der Waals surface area contributed by atoms with Crippen molar-refractivity contribution in [1.82, 2.24) is 5.32 Å². The molecule has 3 aliphatic heterocycles. The van der Waals surface area contributed by atoms with Gasteiger partial charge in [0.15, 0.2) is 55.5 Å². The SMILES string of the molecule is CCO[C@H]1O[C@H](COC(C)=O)[C@@H](O[C@@H]2O[C@H](COC(C)=O)[C@H](O[C@@H]3O[C@H](COC(C)=O)[C@H](OC(C)=O)[C@H](OC(C)=O)[C@H]3OC(C)=O)[C@H](OC(C)=O)[C@H]2OC(C)=O)[C@H](OC(C)=O)[C@@H]1NC(C)=O. The van der Waals surface area contributed by atoms with Gasteiger partial charge in [-0.05, 0) is 6.92 Å². The first-order chi connectivity index (χ1) is 30.9. The third kappa shape index (κ3) is 16.4. The van der Waals surface area contributed by atoms with Crippen molar-refractivity contribution < 1.29 is 119 Å². The summed E-state index contributed by atoms with van der Waals surface area (Å²) in [7, 11) is 0. The Morgan fingerprint density at radius 1 is 0.379 bits per heavy atom. The zero-order chi connectivity index (χ0) is 49.6. The molecule has 1 amide bonds. The molecular weight excluding hydrogens is 894 g/mol. The van der Waals surface area contributed by atoms with E-state index in [1.165, 1.54) is 0 Å². The van der Waals surface area contributed by atoms with Crippen molar-refractivity contribution in [2.45, 2.75) is 168 Å². The largest absolute Gasteiger partial charge is 0.463 e. The van der Waals surface area contributed by atoms with Gasteiger partial charge in [0.1, 0.15) is 56.4 Å². The van der Waals surface area contributed by atoms with Gasteiger partial charge in [0.05, 0.1) is 0 Å². The smallest absolute Gasteiger partial charge is 0.303 e. The monoisotopic (exact) mass is 951 g/mol. The molecule has 1 N–H and O–H groups in total. The minimum Gasteiger partial charge on any atom is -0.463 e. The van der Waals surface area contributed by atoms with E-state index in [1.807, 2.05) is 0 Å². The first-order valence-electron chi connectivity index (χ1n) is 20.5. The van der Waals surface area contributed by atoms with Gasteiger partial charge in [-0.2, -0.15) is 0 Å². The van der Waals surface area contributed by atoms with Crippen LogP contribution < -0.4 is 5.32 Å². The van der Waals surface area contributed by atoms with Crippen molar-refractivity contribution >= 4 is 59.6 Å². The fourth-order valence-electron chi connectivity index (χ4n) is 7.16. The maximum absolute atomic E-state index is 13.0. The Morgan fingerprint density at radius 2 is 0.682 bits per heavy atom. The quantitative estimate of drug-likeness (QED) is 0.117. The highest BCUT2D eigenvalue weighted by molar-refractivity contribution is 5.74. The number of carbonyl (C=O) groups excluding carboxylic acids is 10. The van der Waals surface area contributed by atoms with Gasteiger partial charge in [0, 0.05) is 75.8 Å². The Hall–Kier alpha value is -5.54. The zero-order valence-electron chi connectivity index (χ0n) is 38.2. The van der Waals surface area contributed by atoms with Crippen LogP contribution in [0.15, 0.2) is 0 Å². The van der Waals surface area contributed by atoms with Crippen LogP contribution in [-0.4, -0.2) is 178 Å². The lowest BCUT2D eigenvalue weighted by atomic mass is 9.94. The van der Waals surface area contributed by atoms with Crippen molar-refractivity contribution in [3.05, 3.63) is 0 Å². The topological polar surface area (TPSA) is 321 Å². The Labute approximate surface area is 378 Å². The van der Waals surface area contributed by atoms with E-state index in [-0.39, 0.29) is 6.61 Å². The summed E-state index contributed by atoms with van der Waals surface area (Å²) in [6.45, 7) is 9.92. The highest BCUT2D eigenvalue weighted by Gasteiger charge is 2.59. The van der Waals surface area contributed by atoms with E-state index >= 15 is 0 Å². The van der Waals surface area contributed by atoms with Gasteiger partial charge in [-0.3, -0.25) is 47.9 Å². The van der Waals surface area contributed by atoms with Gasteiger partial charge in [0.2, 0.25) is 5.91 Å². The number of ether oxygens (including phenoxy) is 15. The van der Waals surface area contributed by atoms with Gasteiger partial charge in [-0.15, -0.1) is 0 Å². The lowest BCUT2D eigenvalue weighted by Gasteiger charge is -2.50. The van der Waals surface area contributed by atoms with Gasteiger partial charge >= 0.3 is 53.7 Å². The van der Waals surface area contributed by atoms with Crippen LogP contribution in [0.25, 0.3) is 0 Å². The van der Waals surface area contributed by atoms with Gasteiger partial charge in [-0.25, -0.2) is 0 Å². The number of nitrogens with one attached hydrogen (secondary N) is 1. The van der Waals surface area contributed by atoms with Crippen molar-refractivity contribution in [1.29, 1.82) is 0 Å². The Balaban J connectivity index is 2.29. The average molecular weight is 952 g/mol. The molecule has 26 heteroatoms. The molecule has 3 heterocycles. The first-order valence-corrected chi connectivity index (χ1v) is 20.5. The van der Waals surface area contributed by atoms with E-state index in [4.69, 9.17) is 71.1 Å². The minimum atomic E-state index is -1.96. The van der Waals surface area contributed by atoms with Crippen LogP contribution in [0, 0.1) is 0 Å². The molecule has 0 radical (unpaired) electrons. The average Bonchev–Trinajstić information content (AvgIpc) is 3.17. The summed E-state index contributed by atoms with van der Waals surface area (Å²) in [6.07, 6.45) is -23.9. The number of hydrogen-bond acceptors (Lipinski definition) is 25. The summed E-state index contributed by atoms with van der Waals surface area (Å²) in [4.78, 5) is 125. The predicted molar refractivity (Wildman–Crippen MR) is 208 cm³/mol. The summed E-state index contributed by atoms with van der Waals surface area (Å²) in [5.74, 6) is -8.94. The fraction of sp³-hybridized carbons (Fsp3) is 0.750. The summed E-state index contributed by atoms with van der Waals surface area (Å²) in [6, 6.07) is -1.32. The van der Waals surface area contributed by atoms with Gasteiger partial charge in [0.25, 0.3) is 0 Å². The molecule has 0 aromatic rings. The fourth-order valence-corrected chi connectivity index (χ4v) is 7.16. The Kier molecular flexibility index (Phi) is 21.1. The van der Waals surface area contributed by atoms with E-state index < -0.39 is 172 Å². The highest BCUT2D eigenvalue weighted by Crippen LogP contribution is 2.38.